The number of nitrogens with zero attached hydrogens (tertiary/aromatic N) is 2. The number of hydrogen-bond donors (Lipinski definition) is 1. The van der Waals surface area contributed by atoms with Crippen LogP contribution in [0.5, 0.6) is 17.2 Å². The van der Waals surface area contributed by atoms with Gasteiger partial charge in [0.25, 0.3) is 11.1 Å². The number of esters is 1. The molecule has 0 unspecified atom stereocenters. The molecule has 0 radical (unpaired) electrons. The van der Waals surface area contributed by atoms with Crippen LogP contribution in [0, 0.1) is 0 Å². The monoisotopic (exact) mass is 524 g/mol. The van der Waals surface area contributed by atoms with Crippen LogP contribution in [0.25, 0.3) is 12.2 Å². The van der Waals surface area contributed by atoms with Crippen molar-refractivity contribution < 1.29 is 43.2 Å². The third-order valence-electron chi connectivity index (χ3n) is 5.24. The third kappa shape index (κ3) is 5.33. The second-order valence-electron chi connectivity index (χ2n) is 7.58. The van der Waals surface area contributed by atoms with Crippen LogP contribution in [0.1, 0.15) is 16.7 Å². The minimum atomic E-state index is -1.28. The normalized spacial score (nSPS) is 17.3. The van der Waals surface area contributed by atoms with Crippen molar-refractivity contribution in [2.75, 3.05) is 27.9 Å². The SMILES string of the molecule is COc1cc(C2=N/C(=C\c3ccc(/C=C4\SC(=O)N(CC(=O)O)C4=O)cc3)C(=O)O2)cc(OC)c1OC. The van der Waals surface area contributed by atoms with Crippen molar-refractivity contribution in [3.8, 4) is 17.2 Å². The van der Waals surface area contributed by atoms with E-state index < -0.39 is 29.6 Å². The Morgan fingerprint density at radius 3 is 2.14 bits per heavy atom. The van der Waals surface area contributed by atoms with Crippen LogP contribution in [0.15, 0.2) is 52.0 Å². The maximum atomic E-state index is 12.4. The number of thioether (sulfide) groups is 1. The maximum absolute atomic E-state index is 12.4. The molecule has 37 heavy (non-hydrogen) atoms. The first-order chi connectivity index (χ1) is 17.7. The Kier molecular flexibility index (Phi) is 7.30. The molecule has 2 aliphatic rings. The number of amides is 2. The molecule has 2 aliphatic heterocycles. The number of carbonyl (C=O) groups excluding carboxylic acids is 3. The maximum Gasteiger partial charge on any atom is 0.363 e. The van der Waals surface area contributed by atoms with Gasteiger partial charge in [-0.05, 0) is 47.2 Å². The summed E-state index contributed by atoms with van der Waals surface area (Å²) in [7, 11) is 4.42. The number of ether oxygens (including phenoxy) is 4. The van der Waals surface area contributed by atoms with Gasteiger partial charge in [-0.3, -0.25) is 19.3 Å². The van der Waals surface area contributed by atoms with Gasteiger partial charge in [0.1, 0.15) is 6.54 Å². The zero-order valence-electron chi connectivity index (χ0n) is 19.8. The zero-order valence-corrected chi connectivity index (χ0v) is 20.7. The second-order valence-corrected chi connectivity index (χ2v) is 8.57. The van der Waals surface area contributed by atoms with Gasteiger partial charge in [0.05, 0.1) is 26.2 Å². The van der Waals surface area contributed by atoms with Crippen molar-refractivity contribution in [2.24, 2.45) is 4.99 Å². The number of imide groups is 1. The zero-order chi connectivity index (χ0) is 26.7. The van der Waals surface area contributed by atoms with E-state index in [4.69, 9.17) is 24.1 Å². The Morgan fingerprint density at radius 1 is 1.00 bits per heavy atom. The van der Waals surface area contributed by atoms with Crippen molar-refractivity contribution in [3.63, 3.8) is 0 Å². The van der Waals surface area contributed by atoms with E-state index in [0.29, 0.717) is 50.6 Å². The summed E-state index contributed by atoms with van der Waals surface area (Å²) < 4.78 is 21.3. The lowest BCUT2D eigenvalue weighted by Crippen LogP contribution is -2.33. The summed E-state index contributed by atoms with van der Waals surface area (Å²) in [6.07, 6.45) is 3.03. The predicted molar refractivity (Wildman–Crippen MR) is 133 cm³/mol. The molecule has 0 atom stereocenters. The summed E-state index contributed by atoms with van der Waals surface area (Å²) in [5, 5.41) is 8.22. The van der Waals surface area contributed by atoms with E-state index in [9.17, 15) is 19.2 Å². The highest BCUT2D eigenvalue weighted by atomic mass is 32.2. The molecule has 0 spiro atoms. The average molecular weight is 525 g/mol. The Hall–Kier alpha value is -4.58. The van der Waals surface area contributed by atoms with Crippen LogP contribution >= 0.6 is 11.8 Å². The number of rotatable bonds is 8. The summed E-state index contributed by atoms with van der Waals surface area (Å²) in [6.45, 7) is -0.691. The van der Waals surface area contributed by atoms with E-state index in [2.05, 4.69) is 4.99 Å². The summed E-state index contributed by atoms with van der Waals surface area (Å²) in [5.41, 5.74) is 1.78. The molecular formula is C25H20N2O9S. The summed E-state index contributed by atoms with van der Waals surface area (Å²) in [4.78, 5) is 52.6. The van der Waals surface area contributed by atoms with Crippen molar-refractivity contribution in [1.82, 2.24) is 4.90 Å². The van der Waals surface area contributed by atoms with E-state index in [-0.39, 0.29) is 16.5 Å². The molecule has 2 amide bonds. The van der Waals surface area contributed by atoms with Crippen molar-refractivity contribution in [2.45, 2.75) is 0 Å². The van der Waals surface area contributed by atoms with Gasteiger partial charge >= 0.3 is 11.9 Å². The van der Waals surface area contributed by atoms with E-state index in [0.717, 1.165) is 0 Å². The number of aliphatic imine (C=N–C) groups is 1. The minimum Gasteiger partial charge on any atom is -0.493 e. The molecular weight excluding hydrogens is 504 g/mol. The van der Waals surface area contributed by atoms with Gasteiger partial charge < -0.3 is 24.1 Å². The topological polar surface area (TPSA) is 141 Å². The number of carboxylic acids is 1. The molecule has 11 nitrogen and oxygen atoms in total. The Labute approximate surface area is 215 Å². The molecule has 4 rings (SSSR count). The smallest absolute Gasteiger partial charge is 0.363 e. The van der Waals surface area contributed by atoms with E-state index in [1.807, 2.05) is 0 Å². The second kappa shape index (κ2) is 10.6. The first-order valence-electron chi connectivity index (χ1n) is 10.6. The van der Waals surface area contributed by atoms with E-state index in [1.54, 1.807) is 36.4 Å². The fourth-order valence-corrected chi connectivity index (χ4v) is 4.34. The van der Waals surface area contributed by atoms with Gasteiger partial charge in [-0.1, -0.05) is 24.3 Å². The van der Waals surface area contributed by atoms with Crippen LogP contribution < -0.4 is 14.2 Å². The molecule has 2 heterocycles. The van der Waals surface area contributed by atoms with Crippen molar-refractivity contribution in [1.29, 1.82) is 0 Å². The summed E-state index contributed by atoms with van der Waals surface area (Å²) >= 11 is 0.673. The highest BCUT2D eigenvalue weighted by molar-refractivity contribution is 8.18. The Morgan fingerprint density at radius 2 is 1.59 bits per heavy atom. The van der Waals surface area contributed by atoms with Crippen LogP contribution in [0.3, 0.4) is 0 Å². The molecule has 2 aromatic rings. The molecule has 2 aromatic carbocycles. The number of benzene rings is 2. The molecule has 0 aliphatic carbocycles. The lowest BCUT2D eigenvalue weighted by Gasteiger charge is -2.13. The lowest BCUT2D eigenvalue weighted by molar-refractivity contribution is -0.140. The number of methoxy groups -OCH3 is 3. The van der Waals surface area contributed by atoms with Gasteiger partial charge in [-0.15, -0.1) is 0 Å². The summed E-state index contributed by atoms with van der Waals surface area (Å²) in [6, 6.07) is 9.98. The number of carboxylic acid groups (broad SMARTS) is 1. The number of hydrogen-bond acceptors (Lipinski definition) is 10. The van der Waals surface area contributed by atoms with Crippen molar-refractivity contribution in [3.05, 3.63) is 63.7 Å². The third-order valence-corrected chi connectivity index (χ3v) is 6.14. The molecule has 0 bridgehead atoms. The van der Waals surface area contributed by atoms with Crippen LogP contribution in [-0.2, 0) is 19.1 Å². The molecule has 0 aromatic heterocycles. The molecule has 12 heteroatoms. The fourth-order valence-electron chi connectivity index (χ4n) is 3.51. The first kappa shape index (κ1) is 25.5. The lowest BCUT2D eigenvalue weighted by atomic mass is 10.1. The van der Waals surface area contributed by atoms with E-state index >= 15 is 0 Å². The quantitative estimate of drug-likeness (QED) is 0.404. The molecule has 1 saturated heterocycles. The van der Waals surface area contributed by atoms with Gasteiger partial charge in [-0.25, -0.2) is 9.79 Å². The molecule has 0 saturated carbocycles. The largest absolute Gasteiger partial charge is 0.493 e. The fraction of sp³-hybridized carbons (Fsp3) is 0.160. The average Bonchev–Trinajstić information content (AvgIpc) is 3.37. The van der Waals surface area contributed by atoms with Crippen LogP contribution in [0.4, 0.5) is 4.79 Å². The number of carbonyl (C=O) groups is 4. The summed E-state index contributed by atoms with van der Waals surface area (Å²) in [5.74, 6) is -1.35. The van der Waals surface area contributed by atoms with Gasteiger partial charge in [-0.2, -0.15) is 0 Å². The highest BCUT2D eigenvalue weighted by Crippen LogP contribution is 2.39. The van der Waals surface area contributed by atoms with Crippen LogP contribution in [-0.4, -0.2) is 66.9 Å². The number of aliphatic carboxylic acids is 1. The van der Waals surface area contributed by atoms with Gasteiger partial charge in [0.15, 0.2) is 17.2 Å². The number of cyclic esters (lactones) is 1. The highest BCUT2D eigenvalue weighted by Gasteiger charge is 2.36. The Bertz CT molecular complexity index is 1370. The van der Waals surface area contributed by atoms with E-state index in [1.165, 1.54) is 33.5 Å². The Balaban J connectivity index is 1.55. The minimum absolute atomic E-state index is 0.0733. The van der Waals surface area contributed by atoms with Crippen LogP contribution in [0.2, 0.25) is 0 Å². The van der Waals surface area contributed by atoms with Gasteiger partial charge in [0, 0.05) is 5.56 Å². The first-order valence-corrected chi connectivity index (χ1v) is 11.5. The molecule has 190 valence electrons. The predicted octanol–water partition coefficient (Wildman–Crippen LogP) is 3.18. The van der Waals surface area contributed by atoms with Crippen molar-refractivity contribution >= 4 is 52.9 Å². The standard InChI is InChI=1S/C25H20N2O9S/c1-33-17-10-15(11-18(34-2)21(17)35-3)22-26-16(24(31)36-22)8-13-4-6-14(7-5-13)9-19-23(30)27(12-20(28)29)25(32)37-19/h4-11H,12H2,1-3H3,(H,28,29)/b16-8-,19-9-. The van der Waals surface area contributed by atoms with Gasteiger partial charge in [0.2, 0.25) is 11.6 Å². The molecule has 1 fully saturated rings. The molecule has 1 N–H and O–H groups in total.